The Bertz CT molecular complexity index is 711. The van der Waals surface area contributed by atoms with Crippen LogP contribution in [0.2, 0.25) is 0 Å². The molecule has 2 aliphatic carbocycles. The van der Waals surface area contributed by atoms with Crippen LogP contribution in [0.25, 0.3) is 0 Å². The van der Waals surface area contributed by atoms with Crippen LogP contribution in [0.3, 0.4) is 0 Å². The van der Waals surface area contributed by atoms with Crippen molar-refractivity contribution in [2.75, 3.05) is 6.61 Å². The van der Waals surface area contributed by atoms with E-state index < -0.39 is 0 Å². The quantitative estimate of drug-likeness (QED) is 0.900. The van der Waals surface area contributed by atoms with E-state index in [0.29, 0.717) is 11.8 Å². The first kappa shape index (κ1) is 15.9. The Balaban J connectivity index is 1.52. The molecule has 2 unspecified atom stereocenters. The molecule has 126 valence electrons. The summed E-state index contributed by atoms with van der Waals surface area (Å²) in [7, 11) is 0. The first-order valence-corrected chi connectivity index (χ1v) is 9.23. The monoisotopic (exact) mass is 321 g/mol. The number of aliphatic hydroxyl groups is 1. The highest BCUT2D eigenvalue weighted by Crippen LogP contribution is 2.41. The van der Waals surface area contributed by atoms with E-state index in [-0.39, 0.29) is 12.1 Å². The minimum absolute atomic E-state index is 0.104. The number of nitrogens with two attached hydrogens (primary N) is 1. The minimum Gasteiger partial charge on any atom is -0.394 e. The Labute approximate surface area is 144 Å². The molecule has 1 saturated carbocycles. The summed E-state index contributed by atoms with van der Waals surface area (Å²) in [5, 5.41) is 9.49. The SMILES string of the molecule is NC1(CO)CC[C@H](c2ccc3c(c2)CCC(c2ccccc2)C3)C1. The van der Waals surface area contributed by atoms with Crippen LogP contribution in [-0.4, -0.2) is 17.3 Å². The van der Waals surface area contributed by atoms with Gasteiger partial charge in [-0.1, -0.05) is 48.5 Å². The Kier molecular flexibility index (Phi) is 4.19. The van der Waals surface area contributed by atoms with Crippen molar-refractivity contribution in [2.45, 2.75) is 55.9 Å². The Hall–Kier alpha value is -1.64. The van der Waals surface area contributed by atoms with Crippen LogP contribution in [0, 0.1) is 0 Å². The Morgan fingerprint density at radius 1 is 0.958 bits per heavy atom. The summed E-state index contributed by atoms with van der Waals surface area (Å²) in [4.78, 5) is 0. The van der Waals surface area contributed by atoms with Crippen molar-refractivity contribution >= 4 is 0 Å². The maximum absolute atomic E-state index is 9.49. The molecular formula is C22H27NO. The van der Waals surface area contributed by atoms with E-state index in [1.165, 1.54) is 35.1 Å². The van der Waals surface area contributed by atoms with Crippen LogP contribution in [0.1, 0.15) is 59.8 Å². The highest BCUT2D eigenvalue weighted by molar-refractivity contribution is 5.38. The largest absolute Gasteiger partial charge is 0.394 e. The second-order valence-electron chi connectivity index (χ2n) is 7.84. The lowest BCUT2D eigenvalue weighted by Gasteiger charge is -2.26. The molecule has 3 N–H and O–H groups in total. The van der Waals surface area contributed by atoms with E-state index >= 15 is 0 Å². The molecule has 2 aromatic rings. The molecule has 0 aliphatic heterocycles. The van der Waals surface area contributed by atoms with Crippen LogP contribution >= 0.6 is 0 Å². The molecule has 3 atom stereocenters. The molecule has 0 spiro atoms. The lowest BCUT2D eigenvalue weighted by atomic mass is 9.79. The van der Waals surface area contributed by atoms with E-state index in [1.54, 1.807) is 0 Å². The van der Waals surface area contributed by atoms with E-state index in [1.807, 2.05) is 0 Å². The zero-order valence-corrected chi connectivity index (χ0v) is 14.2. The number of fused-ring (bicyclic) bond motifs is 1. The Morgan fingerprint density at radius 3 is 2.54 bits per heavy atom. The Morgan fingerprint density at radius 2 is 1.79 bits per heavy atom. The topological polar surface area (TPSA) is 46.2 Å². The van der Waals surface area contributed by atoms with Crippen LogP contribution < -0.4 is 5.73 Å². The summed E-state index contributed by atoms with van der Waals surface area (Å²) in [5.74, 6) is 1.17. The van der Waals surface area contributed by atoms with Gasteiger partial charge in [0.05, 0.1) is 6.61 Å². The molecule has 0 amide bonds. The lowest BCUT2D eigenvalue weighted by molar-refractivity contribution is 0.198. The highest BCUT2D eigenvalue weighted by atomic mass is 16.3. The lowest BCUT2D eigenvalue weighted by Crippen LogP contribution is -2.40. The van der Waals surface area contributed by atoms with Gasteiger partial charge < -0.3 is 10.8 Å². The fraction of sp³-hybridized carbons (Fsp3) is 0.455. The standard InChI is InChI=1S/C22H27NO/c23-22(15-24)11-10-21(14-22)20-9-8-18-12-17(6-7-19(18)13-20)16-4-2-1-3-5-16/h1-5,8-9,13,17,21,24H,6-7,10-12,14-15,23H2/t17?,21-,22?/m0/s1. The zero-order chi connectivity index (χ0) is 16.6. The van der Waals surface area contributed by atoms with Crippen molar-refractivity contribution < 1.29 is 5.11 Å². The maximum atomic E-state index is 9.49. The normalized spacial score (nSPS) is 29.4. The molecule has 0 saturated heterocycles. The zero-order valence-electron chi connectivity index (χ0n) is 14.2. The van der Waals surface area contributed by atoms with Crippen LogP contribution in [-0.2, 0) is 12.8 Å². The molecule has 0 radical (unpaired) electrons. The van der Waals surface area contributed by atoms with Crippen LogP contribution in [0.15, 0.2) is 48.5 Å². The number of aryl methyl sites for hydroxylation is 1. The average Bonchev–Trinajstić information content (AvgIpc) is 3.04. The number of rotatable bonds is 3. The van der Waals surface area contributed by atoms with Gasteiger partial charge in [-0.3, -0.25) is 0 Å². The molecule has 2 aromatic carbocycles. The third kappa shape index (κ3) is 3.01. The first-order chi connectivity index (χ1) is 11.7. The van der Waals surface area contributed by atoms with Gasteiger partial charge in [-0.25, -0.2) is 0 Å². The molecule has 24 heavy (non-hydrogen) atoms. The van der Waals surface area contributed by atoms with E-state index in [4.69, 9.17) is 5.73 Å². The minimum atomic E-state index is -0.362. The van der Waals surface area contributed by atoms with Crippen molar-refractivity contribution in [1.82, 2.24) is 0 Å². The van der Waals surface area contributed by atoms with E-state index in [9.17, 15) is 5.11 Å². The van der Waals surface area contributed by atoms with Gasteiger partial charge in [-0.15, -0.1) is 0 Å². The highest BCUT2D eigenvalue weighted by Gasteiger charge is 2.36. The number of benzene rings is 2. The number of aliphatic hydroxyl groups excluding tert-OH is 1. The molecule has 2 heteroatoms. The molecule has 0 bridgehead atoms. The van der Waals surface area contributed by atoms with Crippen molar-refractivity contribution in [3.05, 3.63) is 70.8 Å². The summed E-state index contributed by atoms with van der Waals surface area (Å²) in [6, 6.07) is 18.0. The van der Waals surface area contributed by atoms with Gasteiger partial charge in [0, 0.05) is 5.54 Å². The van der Waals surface area contributed by atoms with Gasteiger partial charge in [-0.05, 0) is 72.6 Å². The molecule has 1 fully saturated rings. The van der Waals surface area contributed by atoms with Gasteiger partial charge >= 0.3 is 0 Å². The first-order valence-electron chi connectivity index (χ1n) is 9.23. The van der Waals surface area contributed by atoms with Crippen LogP contribution in [0.5, 0.6) is 0 Å². The predicted molar refractivity (Wildman–Crippen MR) is 98.2 cm³/mol. The van der Waals surface area contributed by atoms with Crippen molar-refractivity contribution in [3.63, 3.8) is 0 Å². The second-order valence-corrected chi connectivity index (χ2v) is 7.84. The summed E-state index contributed by atoms with van der Waals surface area (Å²) in [6.45, 7) is 0.104. The third-order valence-corrected chi connectivity index (χ3v) is 6.16. The summed E-state index contributed by atoms with van der Waals surface area (Å²) in [5.41, 5.74) is 11.8. The second kappa shape index (κ2) is 6.34. The van der Waals surface area contributed by atoms with E-state index in [2.05, 4.69) is 48.5 Å². The molecule has 2 nitrogen and oxygen atoms in total. The van der Waals surface area contributed by atoms with Gasteiger partial charge in [-0.2, -0.15) is 0 Å². The van der Waals surface area contributed by atoms with Crippen molar-refractivity contribution in [1.29, 1.82) is 0 Å². The summed E-state index contributed by atoms with van der Waals surface area (Å²) >= 11 is 0. The van der Waals surface area contributed by atoms with Crippen molar-refractivity contribution in [2.24, 2.45) is 5.73 Å². The fourth-order valence-electron chi connectivity index (χ4n) is 4.62. The maximum Gasteiger partial charge on any atom is 0.0611 e. The van der Waals surface area contributed by atoms with Crippen molar-refractivity contribution in [3.8, 4) is 0 Å². The van der Waals surface area contributed by atoms with Gasteiger partial charge in [0.25, 0.3) is 0 Å². The number of hydrogen-bond donors (Lipinski definition) is 2. The molecular weight excluding hydrogens is 294 g/mol. The summed E-state index contributed by atoms with van der Waals surface area (Å²) < 4.78 is 0. The van der Waals surface area contributed by atoms with Crippen LogP contribution in [0.4, 0.5) is 0 Å². The molecule has 0 heterocycles. The predicted octanol–water partition coefficient (Wildman–Crippen LogP) is 3.92. The molecule has 0 aromatic heterocycles. The third-order valence-electron chi connectivity index (χ3n) is 6.16. The fourth-order valence-corrected chi connectivity index (χ4v) is 4.62. The van der Waals surface area contributed by atoms with Gasteiger partial charge in [0.1, 0.15) is 0 Å². The molecule has 4 rings (SSSR count). The van der Waals surface area contributed by atoms with E-state index in [0.717, 1.165) is 25.7 Å². The average molecular weight is 321 g/mol. The van der Waals surface area contributed by atoms with Gasteiger partial charge in [0.15, 0.2) is 0 Å². The van der Waals surface area contributed by atoms with Gasteiger partial charge in [0.2, 0.25) is 0 Å². The number of hydrogen-bond acceptors (Lipinski definition) is 2. The smallest absolute Gasteiger partial charge is 0.0611 e. The molecule has 2 aliphatic rings. The summed E-state index contributed by atoms with van der Waals surface area (Å²) in [6.07, 6.45) is 6.51.